The first kappa shape index (κ1) is 22.2. The third kappa shape index (κ3) is 5.27. The highest BCUT2D eigenvalue weighted by Gasteiger charge is 2.34. The molecular weight excluding hydrogens is 450 g/mol. The van der Waals surface area contributed by atoms with Gasteiger partial charge in [0, 0.05) is 22.8 Å². The zero-order valence-corrected chi connectivity index (χ0v) is 20.0. The van der Waals surface area contributed by atoms with E-state index in [0.717, 1.165) is 25.7 Å². The number of fused-ring (bicyclic) bond motifs is 1. The minimum atomic E-state index is -3.05. The molecule has 1 aliphatic heterocycles. The van der Waals surface area contributed by atoms with Gasteiger partial charge in [-0.25, -0.2) is 18.4 Å². The summed E-state index contributed by atoms with van der Waals surface area (Å²) in [4.78, 5) is 25.7. The number of thiophene rings is 1. The standard InChI is InChI=1S/C22H25N3O3S3/c1-15(2)11-25(17-8-9-31(27,28)13-17)20(26)12-29-21-18-10-19(16-6-4-3-5-7-16)30-22(18)24-14-23-21/h3-7,10,14-15,17H,8-9,11-13H2,1-2H3. The molecule has 0 bridgehead atoms. The monoisotopic (exact) mass is 475 g/mol. The van der Waals surface area contributed by atoms with Crippen molar-refractivity contribution in [2.24, 2.45) is 5.92 Å². The quantitative estimate of drug-likeness (QED) is 0.378. The van der Waals surface area contributed by atoms with Crippen molar-refractivity contribution in [3.63, 3.8) is 0 Å². The number of carbonyl (C=O) groups excluding carboxylic acids is 1. The number of thioether (sulfide) groups is 1. The molecule has 31 heavy (non-hydrogen) atoms. The van der Waals surface area contributed by atoms with Gasteiger partial charge in [0.25, 0.3) is 0 Å². The first-order valence-corrected chi connectivity index (χ1v) is 13.9. The summed E-state index contributed by atoms with van der Waals surface area (Å²) in [5, 5.41) is 1.73. The van der Waals surface area contributed by atoms with E-state index < -0.39 is 9.84 Å². The van der Waals surface area contributed by atoms with Crippen LogP contribution in [0.3, 0.4) is 0 Å². The fraction of sp³-hybridized carbons (Fsp3) is 0.409. The highest BCUT2D eigenvalue weighted by atomic mass is 32.2. The van der Waals surface area contributed by atoms with E-state index in [0.29, 0.717) is 13.0 Å². The van der Waals surface area contributed by atoms with Crippen LogP contribution in [-0.4, -0.2) is 59.0 Å². The van der Waals surface area contributed by atoms with Crippen LogP contribution >= 0.6 is 23.1 Å². The summed E-state index contributed by atoms with van der Waals surface area (Å²) >= 11 is 3.00. The van der Waals surface area contributed by atoms with Crippen LogP contribution in [0.5, 0.6) is 0 Å². The maximum atomic E-state index is 13.1. The summed E-state index contributed by atoms with van der Waals surface area (Å²) in [5.41, 5.74) is 1.13. The molecule has 164 valence electrons. The van der Waals surface area contributed by atoms with Crippen molar-refractivity contribution in [1.82, 2.24) is 14.9 Å². The number of benzene rings is 1. The van der Waals surface area contributed by atoms with Gasteiger partial charge in [0.2, 0.25) is 5.91 Å². The minimum Gasteiger partial charge on any atom is -0.338 e. The Hall–Kier alpha value is -1.97. The van der Waals surface area contributed by atoms with Gasteiger partial charge in [0.15, 0.2) is 9.84 Å². The maximum absolute atomic E-state index is 13.1. The van der Waals surface area contributed by atoms with Crippen LogP contribution in [0.25, 0.3) is 20.7 Å². The fourth-order valence-corrected chi connectivity index (χ4v) is 7.43. The molecule has 1 aromatic carbocycles. The van der Waals surface area contributed by atoms with Gasteiger partial charge in [0.1, 0.15) is 16.2 Å². The summed E-state index contributed by atoms with van der Waals surface area (Å²) in [5.74, 6) is 0.695. The summed E-state index contributed by atoms with van der Waals surface area (Å²) in [7, 11) is -3.05. The van der Waals surface area contributed by atoms with E-state index in [1.165, 1.54) is 18.1 Å². The molecule has 3 heterocycles. The molecule has 1 saturated heterocycles. The van der Waals surface area contributed by atoms with E-state index in [1.807, 2.05) is 32.0 Å². The van der Waals surface area contributed by atoms with Crippen LogP contribution < -0.4 is 0 Å². The van der Waals surface area contributed by atoms with E-state index in [9.17, 15) is 13.2 Å². The van der Waals surface area contributed by atoms with Crippen molar-refractivity contribution in [2.45, 2.75) is 31.3 Å². The van der Waals surface area contributed by atoms with Gasteiger partial charge in [-0.3, -0.25) is 4.79 Å². The lowest BCUT2D eigenvalue weighted by atomic mass is 10.1. The first-order chi connectivity index (χ1) is 14.8. The van der Waals surface area contributed by atoms with Gasteiger partial charge in [-0.2, -0.15) is 0 Å². The Labute approximate surface area is 191 Å². The van der Waals surface area contributed by atoms with E-state index in [1.54, 1.807) is 16.2 Å². The second kappa shape index (κ2) is 9.26. The summed E-state index contributed by atoms with van der Waals surface area (Å²) in [6.45, 7) is 4.65. The van der Waals surface area contributed by atoms with E-state index in [-0.39, 0.29) is 35.1 Å². The molecule has 1 fully saturated rings. The Kier molecular flexibility index (Phi) is 6.64. The number of carbonyl (C=O) groups is 1. The third-order valence-corrected chi connectivity index (χ3v) is 9.05. The molecule has 0 saturated carbocycles. The van der Waals surface area contributed by atoms with E-state index >= 15 is 0 Å². The average Bonchev–Trinajstić information content (AvgIpc) is 3.34. The van der Waals surface area contributed by atoms with Crippen molar-refractivity contribution in [3.05, 3.63) is 42.7 Å². The third-order valence-electron chi connectivity index (χ3n) is 5.21. The van der Waals surface area contributed by atoms with Crippen molar-refractivity contribution < 1.29 is 13.2 Å². The predicted octanol–water partition coefficient (Wildman–Crippen LogP) is 4.12. The van der Waals surface area contributed by atoms with Crippen LogP contribution in [0.4, 0.5) is 0 Å². The fourth-order valence-electron chi connectivity index (χ4n) is 3.78. The number of rotatable bonds is 7. The number of sulfone groups is 1. The van der Waals surface area contributed by atoms with Gasteiger partial charge in [-0.15, -0.1) is 11.3 Å². The summed E-state index contributed by atoms with van der Waals surface area (Å²) < 4.78 is 23.9. The summed E-state index contributed by atoms with van der Waals surface area (Å²) in [6, 6.07) is 12.0. The van der Waals surface area contributed by atoms with Gasteiger partial charge in [0.05, 0.1) is 17.3 Å². The molecule has 9 heteroatoms. The summed E-state index contributed by atoms with van der Waals surface area (Å²) in [6.07, 6.45) is 2.06. The molecule has 0 radical (unpaired) electrons. The van der Waals surface area contributed by atoms with E-state index in [2.05, 4.69) is 28.2 Å². The van der Waals surface area contributed by atoms with Gasteiger partial charge < -0.3 is 4.90 Å². The lowest BCUT2D eigenvalue weighted by Crippen LogP contribution is -2.44. The number of aromatic nitrogens is 2. The molecule has 2 aromatic heterocycles. The molecule has 0 spiro atoms. The second-order valence-electron chi connectivity index (χ2n) is 8.16. The van der Waals surface area contributed by atoms with Crippen molar-refractivity contribution in [2.75, 3.05) is 23.8 Å². The zero-order chi connectivity index (χ0) is 22.0. The Balaban J connectivity index is 1.52. The molecule has 1 unspecified atom stereocenters. The topological polar surface area (TPSA) is 80.2 Å². The molecule has 1 atom stereocenters. The smallest absolute Gasteiger partial charge is 0.233 e. The number of hydrogen-bond acceptors (Lipinski definition) is 7. The van der Waals surface area contributed by atoms with Gasteiger partial charge >= 0.3 is 0 Å². The Bertz CT molecular complexity index is 1180. The van der Waals surface area contributed by atoms with Crippen LogP contribution in [0.1, 0.15) is 20.3 Å². The van der Waals surface area contributed by atoms with Crippen LogP contribution in [-0.2, 0) is 14.6 Å². The Morgan fingerprint density at radius 1 is 1.26 bits per heavy atom. The number of nitrogens with zero attached hydrogens (tertiary/aromatic N) is 3. The Morgan fingerprint density at radius 3 is 2.71 bits per heavy atom. The maximum Gasteiger partial charge on any atom is 0.233 e. The SMILES string of the molecule is CC(C)CN(C(=O)CSc1ncnc2sc(-c3ccccc3)cc12)C1CCS(=O)(=O)C1. The molecule has 1 aliphatic rings. The predicted molar refractivity (Wildman–Crippen MR) is 127 cm³/mol. The minimum absolute atomic E-state index is 0.0360. The first-order valence-electron chi connectivity index (χ1n) is 10.2. The lowest BCUT2D eigenvalue weighted by molar-refractivity contribution is -0.130. The van der Waals surface area contributed by atoms with Gasteiger partial charge in [-0.05, 0) is 24.0 Å². The largest absolute Gasteiger partial charge is 0.338 e. The van der Waals surface area contributed by atoms with Crippen molar-refractivity contribution in [1.29, 1.82) is 0 Å². The average molecular weight is 476 g/mol. The molecule has 0 N–H and O–H groups in total. The van der Waals surface area contributed by atoms with Crippen LogP contribution in [0.15, 0.2) is 47.8 Å². The number of amides is 1. The lowest BCUT2D eigenvalue weighted by Gasteiger charge is -2.29. The molecule has 3 aromatic rings. The molecule has 1 amide bonds. The molecule has 6 nitrogen and oxygen atoms in total. The second-order valence-corrected chi connectivity index (χ2v) is 12.4. The van der Waals surface area contributed by atoms with Crippen molar-refractivity contribution in [3.8, 4) is 10.4 Å². The highest BCUT2D eigenvalue weighted by molar-refractivity contribution is 8.00. The Morgan fingerprint density at radius 2 is 2.03 bits per heavy atom. The van der Waals surface area contributed by atoms with Crippen LogP contribution in [0, 0.1) is 5.92 Å². The molecule has 4 rings (SSSR count). The molecular formula is C22H25N3O3S3. The van der Waals surface area contributed by atoms with E-state index in [4.69, 9.17) is 0 Å². The van der Waals surface area contributed by atoms with Crippen LogP contribution in [0.2, 0.25) is 0 Å². The zero-order valence-electron chi connectivity index (χ0n) is 17.5. The molecule has 0 aliphatic carbocycles. The number of hydrogen-bond donors (Lipinski definition) is 0. The normalized spacial score (nSPS) is 18.0. The van der Waals surface area contributed by atoms with Gasteiger partial charge in [-0.1, -0.05) is 55.9 Å². The highest BCUT2D eigenvalue weighted by Crippen LogP contribution is 2.36. The van der Waals surface area contributed by atoms with Crippen molar-refractivity contribution >= 4 is 49.1 Å².